The lowest BCUT2D eigenvalue weighted by Crippen LogP contribution is -2.46. The third kappa shape index (κ3) is 9.70. The largest absolute Gasteiger partial charge is 0.356 e. The molecule has 0 bridgehead atoms. The van der Waals surface area contributed by atoms with Crippen LogP contribution in [0.1, 0.15) is 46.0 Å². The van der Waals surface area contributed by atoms with E-state index in [0.717, 1.165) is 31.5 Å². The highest BCUT2D eigenvalue weighted by Gasteiger charge is 2.20. The highest BCUT2D eigenvalue weighted by molar-refractivity contribution is 14.0. The van der Waals surface area contributed by atoms with E-state index in [1.54, 1.807) is 7.05 Å². The fourth-order valence-electron chi connectivity index (χ4n) is 3.38. The highest BCUT2D eigenvalue weighted by atomic mass is 127. The average Bonchev–Trinajstić information content (AvgIpc) is 2.59. The molecule has 0 aromatic carbocycles. The predicted octanol–water partition coefficient (Wildman–Crippen LogP) is 1.71. The van der Waals surface area contributed by atoms with Crippen LogP contribution in [-0.2, 0) is 10.0 Å². The summed E-state index contributed by atoms with van der Waals surface area (Å²) in [6.07, 6.45) is 7.21. The normalized spacial score (nSPS) is 19.3. The number of likely N-dealkylation sites (tertiary alicyclic amines) is 1. The van der Waals surface area contributed by atoms with Crippen molar-refractivity contribution < 1.29 is 8.42 Å². The first-order valence-electron chi connectivity index (χ1n) is 9.56. The van der Waals surface area contributed by atoms with Gasteiger partial charge in [0, 0.05) is 45.8 Å². The lowest BCUT2D eigenvalue weighted by atomic mass is 10.0. The number of aliphatic imine (C=N–C) groups is 1. The molecule has 1 saturated heterocycles. The molecule has 1 fully saturated rings. The van der Waals surface area contributed by atoms with Crippen molar-refractivity contribution in [2.45, 2.75) is 52.0 Å². The van der Waals surface area contributed by atoms with Crippen molar-refractivity contribution in [3.63, 3.8) is 0 Å². The van der Waals surface area contributed by atoms with Crippen molar-refractivity contribution in [2.24, 2.45) is 4.99 Å². The van der Waals surface area contributed by atoms with Gasteiger partial charge in [-0.2, -0.15) is 0 Å². The van der Waals surface area contributed by atoms with Crippen LogP contribution in [0, 0.1) is 0 Å². The first-order valence-corrected chi connectivity index (χ1v) is 11.4. The van der Waals surface area contributed by atoms with Gasteiger partial charge in [0.2, 0.25) is 10.0 Å². The van der Waals surface area contributed by atoms with E-state index in [0.29, 0.717) is 19.6 Å². The molecule has 0 aromatic rings. The van der Waals surface area contributed by atoms with Crippen molar-refractivity contribution in [1.29, 1.82) is 0 Å². The molecule has 1 aliphatic heterocycles. The molecule has 0 amide bonds. The van der Waals surface area contributed by atoms with E-state index in [-0.39, 0.29) is 24.0 Å². The van der Waals surface area contributed by atoms with Gasteiger partial charge in [0.05, 0.1) is 6.26 Å². The van der Waals surface area contributed by atoms with E-state index in [4.69, 9.17) is 0 Å². The second-order valence-electron chi connectivity index (χ2n) is 6.63. The standard InChI is InChI=1S/C17H37N5O2S.HI/c1-5-16-10-7-8-13-21(16)15-12-20-17(18-3)19-11-9-14-22(6-2)25(4,23)24;/h16H,5-15H2,1-4H3,(H2,18,19,20);1H. The Labute approximate surface area is 177 Å². The summed E-state index contributed by atoms with van der Waals surface area (Å²) >= 11 is 0. The Morgan fingerprint density at radius 3 is 2.50 bits per heavy atom. The molecule has 1 rings (SSSR count). The van der Waals surface area contributed by atoms with Gasteiger partial charge in [-0.3, -0.25) is 9.89 Å². The van der Waals surface area contributed by atoms with Gasteiger partial charge in [0.15, 0.2) is 5.96 Å². The molecule has 7 nitrogen and oxygen atoms in total. The number of nitrogens with one attached hydrogen (secondary N) is 2. The fraction of sp³-hybridized carbons (Fsp3) is 0.941. The summed E-state index contributed by atoms with van der Waals surface area (Å²) in [5.41, 5.74) is 0. The molecule has 26 heavy (non-hydrogen) atoms. The molecule has 0 saturated carbocycles. The number of halogens is 1. The molecule has 0 aliphatic carbocycles. The molecule has 1 unspecified atom stereocenters. The first-order chi connectivity index (χ1) is 11.9. The maximum atomic E-state index is 11.6. The van der Waals surface area contributed by atoms with Gasteiger partial charge in [-0.25, -0.2) is 12.7 Å². The molecular formula is C17H38IN5O2S. The number of sulfonamides is 1. The molecule has 2 N–H and O–H groups in total. The van der Waals surface area contributed by atoms with Gasteiger partial charge in [-0.1, -0.05) is 20.3 Å². The molecule has 9 heteroatoms. The monoisotopic (exact) mass is 503 g/mol. The average molecular weight is 503 g/mol. The van der Waals surface area contributed by atoms with E-state index in [9.17, 15) is 8.42 Å². The van der Waals surface area contributed by atoms with Gasteiger partial charge >= 0.3 is 0 Å². The van der Waals surface area contributed by atoms with E-state index in [1.807, 2.05) is 6.92 Å². The number of guanidine groups is 1. The van der Waals surface area contributed by atoms with Crippen LogP contribution in [-0.4, -0.2) is 82.2 Å². The molecule has 156 valence electrons. The van der Waals surface area contributed by atoms with Gasteiger partial charge < -0.3 is 10.6 Å². The maximum Gasteiger partial charge on any atom is 0.211 e. The summed E-state index contributed by atoms with van der Waals surface area (Å²) in [5.74, 6) is 0.785. The molecule has 1 aliphatic rings. The zero-order valence-electron chi connectivity index (χ0n) is 16.8. The Kier molecular flexibility index (Phi) is 13.9. The van der Waals surface area contributed by atoms with Crippen molar-refractivity contribution in [3.05, 3.63) is 0 Å². The lowest BCUT2D eigenvalue weighted by Gasteiger charge is -2.35. The third-order valence-electron chi connectivity index (χ3n) is 4.83. The fourth-order valence-corrected chi connectivity index (χ4v) is 4.31. The van der Waals surface area contributed by atoms with Crippen LogP contribution in [0.15, 0.2) is 4.99 Å². The van der Waals surface area contributed by atoms with Crippen molar-refractivity contribution in [1.82, 2.24) is 19.8 Å². The maximum absolute atomic E-state index is 11.6. The number of hydrogen-bond donors (Lipinski definition) is 2. The van der Waals surface area contributed by atoms with Crippen molar-refractivity contribution in [2.75, 3.05) is 52.6 Å². The van der Waals surface area contributed by atoms with E-state index >= 15 is 0 Å². The smallest absolute Gasteiger partial charge is 0.211 e. The molecule has 1 heterocycles. The molecule has 1 atom stereocenters. The highest BCUT2D eigenvalue weighted by Crippen LogP contribution is 2.18. The van der Waals surface area contributed by atoms with Gasteiger partial charge in [-0.05, 0) is 32.2 Å². The van der Waals surface area contributed by atoms with Gasteiger partial charge in [0.1, 0.15) is 0 Å². The summed E-state index contributed by atoms with van der Waals surface area (Å²) in [5, 5.41) is 6.62. The van der Waals surface area contributed by atoms with Crippen LogP contribution >= 0.6 is 24.0 Å². The van der Waals surface area contributed by atoms with Crippen LogP contribution in [0.3, 0.4) is 0 Å². The lowest BCUT2D eigenvalue weighted by molar-refractivity contribution is 0.147. The molecular weight excluding hydrogens is 465 g/mol. The summed E-state index contributed by atoms with van der Waals surface area (Å²) in [6, 6.07) is 0.724. The number of nitrogens with zero attached hydrogens (tertiary/aromatic N) is 3. The minimum Gasteiger partial charge on any atom is -0.356 e. The topological polar surface area (TPSA) is 77.0 Å². The van der Waals surface area contributed by atoms with Crippen LogP contribution in [0.2, 0.25) is 0 Å². The summed E-state index contributed by atoms with van der Waals surface area (Å²) in [4.78, 5) is 6.82. The second kappa shape index (κ2) is 14.0. The zero-order chi connectivity index (χ0) is 18.7. The van der Waals surface area contributed by atoms with Crippen LogP contribution in [0.4, 0.5) is 0 Å². The second-order valence-corrected chi connectivity index (χ2v) is 8.61. The summed E-state index contributed by atoms with van der Waals surface area (Å²) in [7, 11) is -1.34. The Balaban J connectivity index is 0.00000625. The Morgan fingerprint density at radius 1 is 1.23 bits per heavy atom. The van der Waals surface area contributed by atoms with Crippen LogP contribution in [0.25, 0.3) is 0 Å². The van der Waals surface area contributed by atoms with Crippen molar-refractivity contribution >= 4 is 40.0 Å². The van der Waals surface area contributed by atoms with Gasteiger partial charge in [-0.15, -0.1) is 24.0 Å². The number of hydrogen-bond acceptors (Lipinski definition) is 4. The third-order valence-corrected chi connectivity index (χ3v) is 6.21. The Hall–Kier alpha value is -0.130. The van der Waals surface area contributed by atoms with Gasteiger partial charge in [0.25, 0.3) is 0 Å². The minimum absolute atomic E-state index is 0. The van der Waals surface area contributed by atoms with Crippen molar-refractivity contribution in [3.8, 4) is 0 Å². The van der Waals surface area contributed by atoms with E-state index in [1.165, 1.54) is 42.8 Å². The summed E-state index contributed by atoms with van der Waals surface area (Å²) < 4.78 is 24.6. The number of piperidine rings is 1. The van der Waals surface area contributed by atoms with E-state index in [2.05, 4.69) is 27.4 Å². The van der Waals surface area contributed by atoms with Crippen LogP contribution < -0.4 is 10.6 Å². The Morgan fingerprint density at radius 2 is 1.92 bits per heavy atom. The molecule has 0 aromatic heterocycles. The van der Waals surface area contributed by atoms with E-state index < -0.39 is 10.0 Å². The Bertz CT molecular complexity index is 501. The molecule has 0 spiro atoms. The SMILES string of the molecule is CCC1CCCCN1CCNC(=NC)NCCCN(CC)S(C)(=O)=O.I. The van der Waals surface area contributed by atoms with Crippen LogP contribution in [0.5, 0.6) is 0 Å². The summed E-state index contributed by atoms with van der Waals surface area (Å²) in [6.45, 7) is 8.99. The zero-order valence-corrected chi connectivity index (χ0v) is 20.0. The quantitative estimate of drug-likeness (QED) is 0.206. The first kappa shape index (κ1) is 25.9. The predicted molar refractivity (Wildman–Crippen MR) is 121 cm³/mol. The number of rotatable bonds is 10. The minimum atomic E-state index is -3.10. The molecule has 0 radical (unpaired) electrons.